The third kappa shape index (κ3) is 2.49. The zero-order valence-electron chi connectivity index (χ0n) is 10.6. The van der Waals surface area contributed by atoms with Crippen molar-refractivity contribution in [2.24, 2.45) is 0 Å². The van der Waals surface area contributed by atoms with Gasteiger partial charge in [0.1, 0.15) is 11.8 Å². The molecule has 0 amide bonds. The molecule has 0 spiro atoms. The third-order valence-electron chi connectivity index (χ3n) is 3.62. The first kappa shape index (κ1) is 11.9. The van der Waals surface area contributed by atoms with Gasteiger partial charge >= 0.3 is 0 Å². The molecule has 2 aromatic rings. The van der Waals surface area contributed by atoms with Crippen LogP contribution in [0.1, 0.15) is 34.8 Å². The highest BCUT2D eigenvalue weighted by Crippen LogP contribution is 2.30. The van der Waals surface area contributed by atoms with Crippen LogP contribution in [0.2, 0.25) is 0 Å². The fourth-order valence-corrected chi connectivity index (χ4v) is 2.66. The van der Waals surface area contributed by atoms with Crippen LogP contribution in [0.25, 0.3) is 0 Å². The third-order valence-corrected chi connectivity index (χ3v) is 3.62. The van der Waals surface area contributed by atoms with Gasteiger partial charge in [-0.15, -0.1) is 0 Å². The van der Waals surface area contributed by atoms with Gasteiger partial charge in [-0.3, -0.25) is 0 Å². The zero-order chi connectivity index (χ0) is 13.1. The molecule has 3 nitrogen and oxygen atoms in total. The molecule has 1 aromatic heterocycles. The minimum absolute atomic E-state index is 0.426. The maximum Gasteiger partial charge on any atom is 0.140 e. The maximum atomic E-state index is 8.84. The van der Waals surface area contributed by atoms with E-state index >= 15 is 0 Å². The van der Waals surface area contributed by atoms with E-state index < -0.39 is 0 Å². The Morgan fingerprint density at radius 3 is 3.11 bits per heavy atom. The first-order chi connectivity index (χ1) is 9.36. The van der Waals surface area contributed by atoms with Gasteiger partial charge < -0.3 is 5.32 Å². The normalized spacial score (nSPS) is 16.9. The predicted molar refractivity (Wildman–Crippen MR) is 73.3 cm³/mol. The minimum Gasteiger partial charge on any atom is -0.306 e. The number of nitrogens with zero attached hydrogens (tertiary/aromatic N) is 2. The number of nitrogens with one attached hydrogen (secondary N) is 1. The summed E-state index contributed by atoms with van der Waals surface area (Å²) in [6.45, 7) is 0.774. The Kier molecular flexibility index (Phi) is 3.26. The van der Waals surface area contributed by atoms with Gasteiger partial charge in [0, 0.05) is 18.8 Å². The number of pyridine rings is 1. The smallest absolute Gasteiger partial charge is 0.140 e. The van der Waals surface area contributed by atoms with Crippen LogP contribution in [0, 0.1) is 11.3 Å². The Morgan fingerprint density at radius 1 is 1.32 bits per heavy atom. The van der Waals surface area contributed by atoms with Gasteiger partial charge in [-0.25, -0.2) is 4.98 Å². The van der Waals surface area contributed by atoms with E-state index in [4.69, 9.17) is 5.26 Å². The highest BCUT2D eigenvalue weighted by Gasteiger charge is 2.20. The Labute approximate surface area is 112 Å². The molecular weight excluding hydrogens is 234 g/mol. The van der Waals surface area contributed by atoms with E-state index in [1.165, 1.54) is 11.1 Å². The second kappa shape index (κ2) is 5.21. The van der Waals surface area contributed by atoms with Gasteiger partial charge in [-0.2, -0.15) is 5.26 Å². The molecule has 0 radical (unpaired) electrons. The lowest BCUT2D eigenvalue weighted by Gasteiger charge is -2.14. The maximum absolute atomic E-state index is 8.84. The van der Waals surface area contributed by atoms with Crippen LogP contribution < -0.4 is 5.32 Å². The van der Waals surface area contributed by atoms with Gasteiger partial charge in [0.15, 0.2) is 0 Å². The van der Waals surface area contributed by atoms with Crippen molar-refractivity contribution in [2.45, 2.75) is 25.4 Å². The first-order valence-electron chi connectivity index (χ1n) is 6.53. The van der Waals surface area contributed by atoms with E-state index in [2.05, 4.69) is 40.6 Å². The number of hydrogen-bond donors (Lipinski definition) is 1. The highest BCUT2D eigenvalue weighted by atomic mass is 14.9. The summed E-state index contributed by atoms with van der Waals surface area (Å²) in [5, 5.41) is 12.4. The van der Waals surface area contributed by atoms with Crippen molar-refractivity contribution < 1.29 is 0 Å². The van der Waals surface area contributed by atoms with Gasteiger partial charge in [0.2, 0.25) is 0 Å². The summed E-state index contributed by atoms with van der Waals surface area (Å²) in [6.07, 6.45) is 3.99. The van der Waals surface area contributed by atoms with E-state index in [9.17, 15) is 0 Å². The lowest BCUT2D eigenvalue weighted by molar-refractivity contribution is 0.530. The molecule has 1 heterocycles. The number of benzene rings is 1. The predicted octanol–water partition coefficient (Wildman–Crippen LogP) is 2.73. The largest absolute Gasteiger partial charge is 0.306 e. The number of aryl methyl sites for hydroxylation is 1. The van der Waals surface area contributed by atoms with Crippen molar-refractivity contribution >= 4 is 0 Å². The van der Waals surface area contributed by atoms with Crippen molar-refractivity contribution in [3.05, 3.63) is 65.0 Å². The SMILES string of the molecule is N#Cc1cc(CNC2CCc3ccccc32)ccn1. The summed E-state index contributed by atoms with van der Waals surface area (Å²) in [7, 11) is 0. The Morgan fingerprint density at radius 2 is 2.21 bits per heavy atom. The highest BCUT2D eigenvalue weighted by molar-refractivity contribution is 5.34. The lowest BCUT2D eigenvalue weighted by Crippen LogP contribution is -2.18. The zero-order valence-corrected chi connectivity index (χ0v) is 10.6. The summed E-state index contributed by atoms with van der Waals surface area (Å²) in [5.41, 5.74) is 4.45. The molecule has 94 valence electrons. The van der Waals surface area contributed by atoms with Crippen LogP contribution in [-0.2, 0) is 13.0 Å². The molecule has 3 rings (SSSR count). The van der Waals surface area contributed by atoms with Crippen LogP contribution in [0.3, 0.4) is 0 Å². The molecule has 0 fully saturated rings. The van der Waals surface area contributed by atoms with E-state index in [-0.39, 0.29) is 0 Å². The second-order valence-corrected chi connectivity index (χ2v) is 4.83. The summed E-state index contributed by atoms with van der Waals surface area (Å²) in [6, 6.07) is 14.9. The van der Waals surface area contributed by atoms with E-state index in [0.29, 0.717) is 11.7 Å². The number of aromatic nitrogens is 1. The monoisotopic (exact) mass is 249 g/mol. The van der Waals surface area contributed by atoms with Gasteiger partial charge in [-0.1, -0.05) is 24.3 Å². The van der Waals surface area contributed by atoms with Crippen LogP contribution in [-0.4, -0.2) is 4.98 Å². The number of fused-ring (bicyclic) bond motifs is 1. The van der Waals surface area contributed by atoms with Gasteiger partial charge in [0.25, 0.3) is 0 Å². The molecule has 1 aliphatic carbocycles. The molecule has 0 saturated heterocycles. The molecule has 1 aromatic carbocycles. The molecule has 19 heavy (non-hydrogen) atoms. The van der Waals surface area contributed by atoms with Crippen LogP contribution in [0.5, 0.6) is 0 Å². The Bertz CT molecular complexity index is 628. The summed E-state index contributed by atoms with van der Waals surface area (Å²) in [5.74, 6) is 0. The summed E-state index contributed by atoms with van der Waals surface area (Å²) in [4.78, 5) is 3.98. The van der Waals surface area contributed by atoms with Crippen LogP contribution >= 0.6 is 0 Å². The molecule has 0 saturated carbocycles. The van der Waals surface area contributed by atoms with Crippen LogP contribution in [0.4, 0.5) is 0 Å². The Hall–Kier alpha value is -2.18. The van der Waals surface area contributed by atoms with E-state index in [0.717, 1.165) is 24.9 Å². The Balaban J connectivity index is 1.69. The number of nitriles is 1. The van der Waals surface area contributed by atoms with Crippen molar-refractivity contribution in [3.63, 3.8) is 0 Å². The van der Waals surface area contributed by atoms with Gasteiger partial charge in [0.05, 0.1) is 0 Å². The average molecular weight is 249 g/mol. The molecule has 0 aliphatic heterocycles. The first-order valence-corrected chi connectivity index (χ1v) is 6.53. The summed E-state index contributed by atoms with van der Waals surface area (Å²) >= 11 is 0. The summed E-state index contributed by atoms with van der Waals surface area (Å²) < 4.78 is 0. The van der Waals surface area contributed by atoms with Crippen molar-refractivity contribution in [1.82, 2.24) is 10.3 Å². The quantitative estimate of drug-likeness (QED) is 0.910. The van der Waals surface area contributed by atoms with Crippen LogP contribution in [0.15, 0.2) is 42.6 Å². The van der Waals surface area contributed by atoms with Crippen molar-refractivity contribution in [3.8, 4) is 6.07 Å². The second-order valence-electron chi connectivity index (χ2n) is 4.83. The lowest BCUT2D eigenvalue weighted by atomic mass is 10.1. The molecule has 3 heteroatoms. The molecule has 1 unspecified atom stereocenters. The molecule has 0 bridgehead atoms. The number of rotatable bonds is 3. The fraction of sp³-hybridized carbons (Fsp3) is 0.250. The van der Waals surface area contributed by atoms with E-state index in [1.807, 2.05) is 12.1 Å². The van der Waals surface area contributed by atoms with Crippen molar-refractivity contribution in [2.75, 3.05) is 0 Å². The standard InChI is InChI=1S/C16H15N3/c17-10-14-9-12(7-8-18-14)11-19-16-6-5-13-3-1-2-4-15(13)16/h1-4,7-9,16,19H,5-6,11H2. The number of hydrogen-bond acceptors (Lipinski definition) is 3. The van der Waals surface area contributed by atoms with Crippen molar-refractivity contribution in [1.29, 1.82) is 5.26 Å². The molecule has 1 N–H and O–H groups in total. The average Bonchev–Trinajstić information content (AvgIpc) is 2.89. The minimum atomic E-state index is 0.426. The molecule has 1 atom stereocenters. The topological polar surface area (TPSA) is 48.7 Å². The van der Waals surface area contributed by atoms with E-state index in [1.54, 1.807) is 6.20 Å². The molecular formula is C16H15N3. The molecule has 1 aliphatic rings. The fourth-order valence-electron chi connectivity index (χ4n) is 2.66. The van der Waals surface area contributed by atoms with Gasteiger partial charge in [-0.05, 0) is 41.7 Å².